The molecule has 1 fully saturated rings. The molecule has 166 valence electrons. The minimum Gasteiger partial charge on any atom is -0.507 e. The maximum Gasteiger partial charge on any atom is 0.188 e. The van der Waals surface area contributed by atoms with Gasteiger partial charge >= 0.3 is 0 Å². The highest BCUT2D eigenvalue weighted by Gasteiger charge is 2.27. The van der Waals surface area contributed by atoms with E-state index in [1.54, 1.807) is 12.1 Å². The predicted octanol–water partition coefficient (Wildman–Crippen LogP) is 6.24. The second kappa shape index (κ2) is 9.14. The number of allylic oxidation sites excluding steroid dienone is 1. The molecule has 0 amide bonds. The van der Waals surface area contributed by atoms with Crippen LogP contribution in [0.4, 0.5) is 0 Å². The van der Waals surface area contributed by atoms with Gasteiger partial charge in [0.1, 0.15) is 16.7 Å². The summed E-state index contributed by atoms with van der Waals surface area (Å²) in [7, 11) is -3.64. The molecule has 1 aromatic rings. The summed E-state index contributed by atoms with van der Waals surface area (Å²) in [6.45, 7) is 12.0. The molecule has 0 aromatic heterocycles. The minimum atomic E-state index is -3.64. The van der Waals surface area contributed by atoms with E-state index in [2.05, 4.69) is 0 Å². The van der Waals surface area contributed by atoms with E-state index in [0.29, 0.717) is 17.9 Å². The summed E-state index contributed by atoms with van der Waals surface area (Å²) in [6.07, 6.45) is 7.85. The van der Waals surface area contributed by atoms with Crippen LogP contribution in [0.2, 0.25) is 0 Å². The Morgan fingerprint density at radius 1 is 1.07 bits per heavy atom. The molecule has 0 radical (unpaired) electrons. The van der Waals surface area contributed by atoms with Crippen LogP contribution in [0.5, 0.6) is 5.75 Å². The van der Waals surface area contributed by atoms with E-state index in [4.69, 9.17) is 0 Å². The second-order valence-corrected chi connectivity index (χ2v) is 12.8. The lowest BCUT2D eigenvalue weighted by Gasteiger charge is -2.28. The molecule has 0 atom stereocenters. The van der Waals surface area contributed by atoms with Gasteiger partial charge in [-0.3, -0.25) is 0 Å². The normalized spacial score (nSPS) is 17.0. The molecule has 4 nitrogen and oxygen atoms in total. The monoisotopic (exact) mass is 431 g/mol. The van der Waals surface area contributed by atoms with Crippen LogP contribution in [-0.4, -0.2) is 19.3 Å². The summed E-state index contributed by atoms with van der Waals surface area (Å²) in [5.74, 6) is 0.709. The molecule has 1 saturated carbocycles. The van der Waals surface area contributed by atoms with E-state index >= 15 is 0 Å². The summed E-state index contributed by atoms with van der Waals surface area (Å²) in [5.41, 5.74) is 1.50. The van der Waals surface area contributed by atoms with Crippen molar-refractivity contribution in [1.82, 2.24) is 0 Å². The minimum absolute atomic E-state index is 0.0212. The number of benzene rings is 1. The first-order valence-electron chi connectivity index (χ1n) is 11.0. The summed E-state index contributed by atoms with van der Waals surface area (Å²) in [6, 6.07) is 5.53. The fourth-order valence-corrected chi connectivity index (χ4v) is 5.45. The number of phenols is 1. The standard InChI is InChI=1S/C25H37NO3S/c1-24(2,3)21-15-19(16-22(23(21)27)25(4,5)6)14-20(17-26)30(28,29)13-12-18-10-8-7-9-11-18/h14-16,18,27H,7-13H2,1-6H3. The highest BCUT2D eigenvalue weighted by molar-refractivity contribution is 7.95. The van der Waals surface area contributed by atoms with Crippen LogP contribution in [0, 0.1) is 17.2 Å². The maximum absolute atomic E-state index is 12.9. The molecule has 1 aromatic carbocycles. The fraction of sp³-hybridized carbons (Fsp3) is 0.640. The van der Waals surface area contributed by atoms with E-state index < -0.39 is 9.84 Å². The van der Waals surface area contributed by atoms with E-state index in [-0.39, 0.29) is 27.2 Å². The van der Waals surface area contributed by atoms with Gasteiger partial charge in [0.05, 0.1) is 5.75 Å². The van der Waals surface area contributed by atoms with Crippen LogP contribution in [0.15, 0.2) is 17.0 Å². The molecule has 0 saturated heterocycles. The van der Waals surface area contributed by atoms with Crippen LogP contribution in [-0.2, 0) is 20.7 Å². The van der Waals surface area contributed by atoms with Gasteiger partial charge in [0, 0.05) is 11.1 Å². The lowest BCUT2D eigenvalue weighted by Crippen LogP contribution is -2.17. The van der Waals surface area contributed by atoms with Crippen LogP contribution >= 0.6 is 0 Å². The lowest BCUT2D eigenvalue weighted by atomic mass is 9.78. The van der Waals surface area contributed by atoms with Crippen molar-refractivity contribution in [3.8, 4) is 11.8 Å². The van der Waals surface area contributed by atoms with Crippen molar-refractivity contribution >= 4 is 15.9 Å². The van der Waals surface area contributed by atoms with E-state index in [1.165, 1.54) is 25.3 Å². The Hall–Kier alpha value is -1.80. The Kier molecular flexibility index (Phi) is 7.45. The van der Waals surface area contributed by atoms with Gasteiger partial charge in [0.25, 0.3) is 0 Å². The molecule has 30 heavy (non-hydrogen) atoms. The van der Waals surface area contributed by atoms with Gasteiger partial charge < -0.3 is 5.11 Å². The number of sulfone groups is 1. The van der Waals surface area contributed by atoms with Crippen molar-refractivity contribution in [3.05, 3.63) is 33.7 Å². The number of hydrogen-bond acceptors (Lipinski definition) is 4. The first-order valence-corrected chi connectivity index (χ1v) is 12.6. The Morgan fingerprint density at radius 3 is 2.00 bits per heavy atom. The zero-order valence-corrected chi connectivity index (χ0v) is 20.2. The van der Waals surface area contributed by atoms with Crippen LogP contribution in [0.3, 0.4) is 0 Å². The average molecular weight is 432 g/mol. The molecular weight excluding hydrogens is 394 g/mol. The molecule has 1 aliphatic carbocycles. The lowest BCUT2D eigenvalue weighted by molar-refractivity contribution is 0.350. The van der Waals surface area contributed by atoms with Gasteiger partial charge in [-0.1, -0.05) is 73.6 Å². The van der Waals surface area contributed by atoms with Crippen LogP contribution in [0.25, 0.3) is 6.08 Å². The van der Waals surface area contributed by atoms with Crippen molar-refractivity contribution in [1.29, 1.82) is 5.26 Å². The molecular formula is C25H37NO3S. The molecule has 0 unspecified atom stereocenters. The van der Waals surface area contributed by atoms with Crippen LogP contribution < -0.4 is 0 Å². The zero-order chi connectivity index (χ0) is 22.7. The summed E-state index contributed by atoms with van der Waals surface area (Å²) < 4.78 is 25.8. The molecule has 0 bridgehead atoms. The van der Waals surface area contributed by atoms with Crippen molar-refractivity contribution in [2.45, 2.75) is 90.9 Å². The Balaban J connectivity index is 2.43. The first-order chi connectivity index (χ1) is 13.8. The van der Waals surface area contributed by atoms with E-state index in [0.717, 1.165) is 24.0 Å². The summed E-state index contributed by atoms with van der Waals surface area (Å²) in [5, 5.41) is 20.5. The molecule has 1 aliphatic rings. The molecule has 0 heterocycles. The number of aromatic hydroxyl groups is 1. The topological polar surface area (TPSA) is 78.2 Å². The highest BCUT2D eigenvalue weighted by Crippen LogP contribution is 2.40. The quantitative estimate of drug-likeness (QED) is 0.560. The smallest absolute Gasteiger partial charge is 0.188 e. The Bertz CT molecular complexity index is 897. The second-order valence-electron chi connectivity index (χ2n) is 10.7. The van der Waals surface area contributed by atoms with Crippen molar-refractivity contribution in [2.24, 2.45) is 5.92 Å². The Labute approximate surface area is 182 Å². The molecule has 2 rings (SSSR count). The molecule has 0 aliphatic heterocycles. The van der Waals surface area contributed by atoms with Gasteiger partial charge in [-0.2, -0.15) is 5.26 Å². The maximum atomic E-state index is 12.9. The summed E-state index contributed by atoms with van der Waals surface area (Å²) in [4.78, 5) is -0.191. The van der Waals surface area contributed by atoms with Gasteiger partial charge in [-0.25, -0.2) is 8.42 Å². The van der Waals surface area contributed by atoms with Crippen molar-refractivity contribution in [3.63, 3.8) is 0 Å². The number of phenolic OH excluding ortho intramolecular Hbond substituents is 1. The summed E-state index contributed by atoms with van der Waals surface area (Å²) >= 11 is 0. The SMILES string of the molecule is CC(C)(C)c1cc(C=C(C#N)S(=O)(=O)CCC2CCCCC2)cc(C(C)(C)C)c1O. The van der Waals surface area contributed by atoms with Crippen LogP contribution in [0.1, 0.15) is 96.8 Å². The third-order valence-corrected chi connectivity index (χ3v) is 7.66. The van der Waals surface area contributed by atoms with E-state index in [9.17, 15) is 18.8 Å². The van der Waals surface area contributed by atoms with Gasteiger partial charge in [-0.05, 0) is 46.9 Å². The number of nitrogens with zero attached hydrogens (tertiary/aromatic N) is 1. The Morgan fingerprint density at radius 2 is 1.57 bits per heavy atom. The number of hydrogen-bond donors (Lipinski definition) is 1. The van der Waals surface area contributed by atoms with E-state index in [1.807, 2.05) is 47.6 Å². The number of nitriles is 1. The van der Waals surface area contributed by atoms with Crippen molar-refractivity contribution < 1.29 is 13.5 Å². The third kappa shape index (κ3) is 6.11. The molecule has 1 N–H and O–H groups in total. The van der Waals surface area contributed by atoms with Gasteiger partial charge in [-0.15, -0.1) is 0 Å². The average Bonchev–Trinajstić information content (AvgIpc) is 2.64. The molecule has 5 heteroatoms. The first kappa shape index (κ1) is 24.5. The third-order valence-electron chi connectivity index (χ3n) is 6.01. The van der Waals surface area contributed by atoms with Crippen molar-refractivity contribution in [2.75, 3.05) is 5.75 Å². The fourth-order valence-electron chi connectivity index (χ4n) is 4.13. The predicted molar refractivity (Wildman–Crippen MR) is 124 cm³/mol. The highest BCUT2D eigenvalue weighted by atomic mass is 32.2. The largest absolute Gasteiger partial charge is 0.507 e. The number of rotatable bonds is 5. The van der Waals surface area contributed by atoms with Gasteiger partial charge in [0.15, 0.2) is 9.84 Å². The molecule has 0 spiro atoms. The zero-order valence-electron chi connectivity index (χ0n) is 19.4. The van der Waals surface area contributed by atoms with Gasteiger partial charge in [0.2, 0.25) is 0 Å².